The molecule has 1 amide bonds. The van der Waals surface area contributed by atoms with Gasteiger partial charge in [-0.1, -0.05) is 31.4 Å². The molecule has 0 saturated heterocycles. The van der Waals surface area contributed by atoms with Gasteiger partial charge >= 0.3 is 0 Å². The van der Waals surface area contributed by atoms with E-state index in [1.54, 1.807) is 6.07 Å². The van der Waals surface area contributed by atoms with Gasteiger partial charge in [-0.2, -0.15) is 0 Å². The maximum Gasteiger partial charge on any atom is 0.237 e. The van der Waals surface area contributed by atoms with E-state index in [1.165, 1.54) is 12.8 Å². The van der Waals surface area contributed by atoms with Gasteiger partial charge in [-0.25, -0.2) is 9.97 Å². The van der Waals surface area contributed by atoms with E-state index < -0.39 is 0 Å². The molecule has 5 nitrogen and oxygen atoms in total. The Hall–Kier alpha value is -1.36. The number of amides is 1. The molecule has 1 aromatic rings. The Bertz CT molecular complexity index is 474. The number of rotatable bonds is 6. The molecule has 110 valence electrons. The first-order valence-electron chi connectivity index (χ1n) is 7.18. The fourth-order valence-electron chi connectivity index (χ4n) is 2.72. The molecule has 0 unspecified atom stereocenters. The number of anilines is 1. The molecule has 1 aromatic heterocycles. The van der Waals surface area contributed by atoms with Crippen molar-refractivity contribution in [3.63, 3.8) is 0 Å². The third-order valence-electron chi connectivity index (χ3n) is 3.59. The Morgan fingerprint density at radius 1 is 1.45 bits per heavy atom. The summed E-state index contributed by atoms with van der Waals surface area (Å²) in [5, 5.41) is 0.422. The summed E-state index contributed by atoms with van der Waals surface area (Å²) in [4.78, 5) is 22.1. The van der Waals surface area contributed by atoms with Gasteiger partial charge in [0.15, 0.2) is 0 Å². The van der Waals surface area contributed by atoms with Gasteiger partial charge in [0, 0.05) is 18.5 Å². The molecular weight excluding hydrogens is 276 g/mol. The fraction of sp³-hybridized carbons (Fsp3) is 0.643. The predicted octanol–water partition coefficient (Wildman–Crippen LogP) is 2.32. The van der Waals surface area contributed by atoms with Gasteiger partial charge in [0.05, 0.1) is 6.54 Å². The largest absolute Gasteiger partial charge is 0.368 e. The molecular formula is C14H21ClN4O. The highest BCUT2D eigenvalue weighted by atomic mass is 35.5. The monoisotopic (exact) mass is 296 g/mol. The smallest absolute Gasteiger partial charge is 0.237 e. The van der Waals surface area contributed by atoms with Crippen LogP contribution in [0.2, 0.25) is 5.15 Å². The Morgan fingerprint density at radius 3 is 2.75 bits per heavy atom. The number of aromatic nitrogens is 2. The van der Waals surface area contributed by atoms with Gasteiger partial charge in [0.1, 0.15) is 16.8 Å². The van der Waals surface area contributed by atoms with E-state index in [9.17, 15) is 4.79 Å². The summed E-state index contributed by atoms with van der Waals surface area (Å²) in [6.45, 7) is 2.26. The van der Waals surface area contributed by atoms with Crippen molar-refractivity contribution in [2.75, 3.05) is 11.4 Å². The molecule has 1 aliphatic rings. The number of nitrogens with two attached hydrogens (primary N) is 1. The molecule has 20 heavy (non-hydrogen) atoms. The summed E-state index contributed by atoms with van der Waals surface area (Å²) < 4.78 is 0. The Morgan fingerprint density at radius 2 is 2.15 bits per heavy atom. The number of carbonyl (C=O) groups is 1. The van der Waals surface area contributed by atoms with Crippen LogP contribution in [0.25, 0.3) is 0 Å². The first kappa shape index (κ1) is 15.0. The summed E-state index contributed by atoms with van der Waals surface area (Å²) in [5.74, 6) is 1.10. The molecule has 0 bridgehead atoms. The second-order valence-corrected chi connectivity index (χ2v) is 5.63. The standard InChI is InChI=1S/C14H21ClN4O/c1-2-5-13-17-11(15)8-14(18-13)19(9-12(16)20)10-6-3-4-7-10/h8,10H,2-7,9H2,1H3,(H2,16,20). The Kier molecular flexibility index (Phi) is 5.17. The highest BCUT2D eigenvalue weighted by Crippen LogP contribution is 2.28. The van der Waals surface area contributed by atoms with Crippen LogP contribution >= 0.6 is 11.6 Å². The lowest BCUT2D eigenvalue weighted by molar-refractivity contribution is -0.116. The number of hydrogen-bond donors (Lipinski definition) is 1. The Balaban J connectivity index is 2.28. The number of aryl methyl sites for hydroxylation is 1. The lowest BCUT2D eigenvalue weighted by Crippen LogP contribution is -2.40. The van der Waals surface area contributed by atoms with E-state index in [0.29, 0.717) is 11.2 Å². The van der Waals surface area contributed by atoms with Crippen LogP contribution in [-0.4, -0.2) is 28.5 Å². The second kappa shape index (κ2) is 6.88. The van der Waals surface area contributed by atoms with Crippen LogP contribution in [0.15, 0.2) is 6.07 Å². The van der Waals surface area contributed by atoms with E-state index in [-0.39, 0.29) is 12.5 Å². The molecule has 1 aliphatic carbocycles. The number of carbonyl (C=O) groups excluding carboxylic acids is 1. The normalized spacial score (nSPS) is 15.5. The minimum Gasteiger partial charge on any atom is -0.368 e. The van der Waals surface area contributed by atoms with E-state index in [2.05, 4.69) is 16.9 Å². The van der Waals surface area contributed by atoms with Crippen LogP contribution in [0.5, 0.6) is 0 Å². The third kappa shape index (κ3) is 3.82. The minimum atomic E-state index is -0.344. The van der Waals surface area contributed by atoms with E-state index >= 15 is 0 Å². The summed E-state index contributed by atoms with van der Waals surface area (Å²) in [5.41, 5.74) is 5.38. The van der Waals surface area contributed by atoms with Crippen molar-refractivity contribution in [3.8, 4) is 0 Å². The molecule has 1 saturated carbocycles. The summed E-state index contributed by atoms with van der Waals surface area (Å²) in [6, 6.07) is 2.05. The summed E-state index contributed by atoms with van der Waals surface area (Å²) >= 11 is 6.08. The van der Waals surface area contributed by atoms with Crippen LogP contribution < -0.4 is 10.6 Å². The van der Waals surface area contributed by atoms with Gasteiger partial charge in [-0.3, -0.25) is 4.79 Å². The molecule has 0 atom stereocenters. The molecule has 0 spiro atoms. The van der Waals surface area contributed by atoms with Crippen LogP contribution in [-0.2, 0) is 11.2 Å². The van der Waals surface area contributed by atoms with Gasteiger partial charge in [-0.05, 0) is 19.3 Å². The molecule has 0 aliphatic heterocycles. The second-order valence-electron chi connectivity index (χ2n) is 5.25. The first-order chi connectivity index (χ1) is 9.60. The van der Waals surface area contributed by atoms with Crippen LogP contribution in [0.3, 0.4) is 0 Å². The molecule has 6 heteroatoms. The highest BCUT2D eigenvalue weighted by molar-refractivity contribution is 6.29. The van der Waals surface area contributed by atoms with E-state index in [1.807, 2.05) is 4.90 Å². The van der Waals surface area contributed by atoms with Gasteiger partial charge in [-0.15, -0.1) is 0 Å². The average Bonchev–Trinajstić information content (AvgIpc) is 2.89. The molecule has 2 N–H and O–H groups in total. The van der Waals surface area contributed by atoms with Crippen molar-refractivity contribution < 1.29 is 4.79 Å². The lowest BCUT2D eigenvalue weighted by atomic mass is 10.2. The van der Waals surface area contributed by atoms with Crippen molar-refractivity contribution in [3.05, 3.63) is 17.0 Å². The van der Waals surface area contributed by atoms with E-state index in [4.69, 9.17) is 17.3 Å². The molecule has 1 heterocycles. The summed E-state index contributed by atoms with van der Waals surface area (Å²) in [6.07, 6.45) is 6.23. The van der Waals surface area contributed by atoms with Crippen LogP contribution in [0, 0.1) is 0 Å². The number of halogens is 1. The van der Waals surface area contributed by atoms with Gasteiger partial charge in [0.25, 0.3) is 0 Å². The topological polar surface area (TPSA) is 72.1 Å². The Labute approximate surface area is 124 Å². The van der Waals surface area contributed by atoms with Crippen molar-refractivity contribution >= 4 is 23.3 Å². The average molecular weight is 297 g/mol. The quantitative estimate of drug-likeness (QED) is 0.818. The molecule has 2 rings (SSSR count). The third-order valence-corrected chi connectivity index (χ3v) is 3.78. The van der Waals surface area contributed by atoms with Crippen molar-refractivity contribution in [2.24, 2.45) is 5.73 Å². The van der Waals surface area contributed by atoms with E-state index in [0.717, 1.165) is 37.3 Å². The number of nitrogens with zero attached hydrogens (tertiary/aromatic N) is 3. The van der Waals surface area contributed by atoms with Crippen molar-refractivity contribution in [1.82, 2.24) is 9.97 Å². The number of hydrogen-bond acceptors (Lipinski definition) is 4. The van der Waals surface area contributed by atoms with Gasteiger partial charge in [0.2, 0.25) is 5.91 Å². The van der Waals surface area contributed by atoms with Crippen molar-refractivity contribution in [2.45, 2.75) is 51.5 Å². The zero-order valence-electron chi connectivity index (χ0n) is 11.8. The fourth-order valence-corrected chi connectivity index (χ4v) is 2.91. The maximum atomic E-state index is 11.3. The molecule has 0 aromatic carbocycles. The summed E-state index contributed by atoms with van der Waals surface area (Å²) in [7, 11) is 0. The SMILES string of the molecule is CCCc1nc(Cl)cc(N(CC(N)=O)C2CCCC2)n1. The first-order valence-corrected chi connectivity index (χ1v) is 7.56. The lowest BCUT2D eigenvalue weighted by Gasteiger charge is -2.29. The molecule has 0 radical (unpaired) electrons. The maximum absolute atomic E-state index is 11.3. The number of primary amides is 1. The van der Waals surface area contributed by atoms with Crippen LogP contribution in [0.4, 0.5) is 5.82 Å². The highest BCUT2D eigenvalue weighted by Gasteiger charge is 2.25. The van der Waals surface area contributed by atoms with Crippen molar-refractivity contribution in [1.29, 1.82) is 0 Å². The van der Waals surface area contributed by atoms with Crippen LogP contribution in [0.1, 0.15) is 44.9 Å². The van der Waals surface area contributed by atoms with Gasteiger partial charge < -0.3 is 10.6 Å². The predicted molar refractivity (Wildman–Crippen MR) is 79.8 cm³/mol. The molecule has 1 fully saturated rings. The zero-order chi connectivity index (χ0) is 14.5. The minimum absolute atomic E-state index is 0.184. The zero-order valence-corrected chi connectivity index (χ0v) is 12.6.